The Morgan fingerprint density at radius 2 is 2.00 bits per heavy atom. The summed E-state index contributed by atoms with van der Waals surface area (Å²) in [5, 5.41) is 3.28. The van der Waals surface area contributed by atoms with Crippen LogP contribution in [0, 0.1) is 5.92 Å². The van der Waals surface area contributed by atoms with Gasteiger partial charge in [0.2, 0.25) is 5.91 Å². The van der Waals surface area contributed by atoms with Gasteiger partial charge in [0.15, 0.2) is 0 Å². The highest BCUT2D eigenvalue weighted by Crippen LogP contribution is 2.22. The molecule has 1 N–H and O–H groups in total. The summed E-state index contributed by atoms with van der Waals surface area (Å²) < 4.78 is 1.10. The molecular formula is C15H22BrClN2O. The largest absolute Gasteiger partial charge is 0.340 e. The monoisotopic (exact) mass is 360 g/mol. The summed E-state index contributed by atoms with van der Waals surface area (Å²) in [6.45, 7) is 5.60. The van der Waals surface area contributed by atoms with E-state index in [9.17, 15) is 4.79 Å². The molecule has 1 aliphatic heterocycles. The van der Waals surface area contributed by atoms with Crippen LogP contribution in [0.1, 0.15) is 18.9 Å². The maximum atomic E-state index is 12.5. The Bertz CT molecular complexity index is 436. The molecule has 1 amide bonds. The van der Waals surface area contributed by atoms with Crippen molar-refractivity contribution >= 4 is 34.2 Å². The number of hydrogen-bond donors (Lipinski definition) is 1. The second kappa shape index (κ2) is 8.65. The Balaban J connectivity index is 0.00000200. The number of nitrogens with one attached hydrogen (secondary N) is 1. The van der Waals surface area contributed by atoms with E-state index in [0.29, 0.717) is 5.91 Å². The molecule has 1 aliphatic rings. The third-order valence-electron chi connectivity index (χ3n) is 3.69. The molecule has 1 heterocycles. The van der Waals surface area contributed by atoms with E-state index >= 15 is 0 Å². The number of piperazine rings is 1. The molecule has 0 saturated carbocycles. The van der Waals surface area contributed by atoms with Gasteiger partial charge < -0.3 is 10.2 Å². The predicted octanol–water partition coefficient (Wildman–Crippen LogP) is 2.87. The Kier molecular flexibility index (Phi) is 7.56. The van der Waals surface area contributed by atoms with Gasteiger partial charge in [0, 0.05) is 36.6 Å². The summed E-state index contributed by atoms with van der Waals surface area (Å²) in [4.78, 5) is 14.5. The van der Waals surface area contributed by atoms with E-state index in [0.717, 1.165) is 43.5 Å². The van der Waals surface area contributed by atoms with Crippen molar-refractivity contribution in [1.29, 1.82) is 0 Å². The first kappa shape index (κ1) is 17.5. The predicted molar refractivity (Wildman–Crippen MR) is 88.3 cm³/mol. The van der Waals surface area contributed by atoms with Crippen molar-refractivity contribution in [2.75, 3.05) is 26.2 Å². The number of carbonyl (C=O) groups is 1. The van der Waals surface area contributed by atoms with Gasteiger partial charge in [-0.25, -0.2) is 0 Å². The number of hydrogen-bond acceptors (Lipinski definition) is 2. The van der Waals surface area contributed by atoms with Gasteiger partial charge in [-0.2, -0.15) is 0 Å². The van der Waals surface area contributed by atoms with E-state index in [-0.39, 0.29) is 18.3 Å². The molecule has 20 heavy (non-hydrogen) atoms. The van der Waals surface area contributed by atoms with Crippen LogP contribution in [0.5, 0.6) is 0 Å². The lowest BCUT2D eigenvalue weighted by atomic mass is 9.95. The van der Waals surface area contributed by atoms with E-state index in [1.807, 2.05) is 23.1 Å². The average molecular weight is 362 g/mol. The van der Waals surface area contributed by atoms with Crippen LogP contribution in [-0.4, -0.2) is 37.0 Å². The highest BCUT2D eigenvalue weighted by atomic mass is 79.9. The number of amides is 1. The van der Waals surface area contributed by atoms with Gasteiger partial charge in [-0.1, -0.05) is 41.1 Å². The Labute approximate surface area is 135 Å². The quantitative estimate of drug-likeness (QED) is 0.894. The van der Waals surface area contributed by atoms with Crippen LogP contribution < -0.4 is 5.32 Å². The van der Waals surface area contributed by atoms with Gasteiger partial charge in [-0.05, 0) is 24.5 Å². The summed E-state index contributed by atoms with van der Waals surface area (Å²) in [6, 6.07) is 8.17. The zero-order valence-electron chi connectivity index (χ0n) is 11.8. The van der Waals surface area contributed by atoms with Gasteiger partial charge >= 0.3 is 0 Å². The third kappa shape index (κ3) is 4.47. The molecule has 1 unspecified atom stereocenters. The molecule has 1 aromatic carbocycles. The van der Waals surface area contributed by atoms with Crippen LogP contribution in [0.4, 0.5) is 0 Å². The summed E-state index contributed by atoms with van der Waals surface area (Å²) in [5.41, 5.74) is 1.22. The van der Waals surface area contributed by atoms with Crippen molar-refractivity contribution in [2.45, 2.75) is 19.8 Å². The molecule has 3 nitrogen and oxygen atoms in total. The van der Waals surface area contributed by atoms with Crippen LogP contribution in [-0.2, 0) is 11.2 Å². The molecule has 0 aromatic heterocycles. The fraction of sp³-hybridized carbons (Fsp3) is 0.533. The van der Waals surface area contributed by atoms with Crippen molar-refractivity contribution in [2.24, 2.45) is 5.92 Å². The van der Waals surface area contributed by atoms with Crippen LogP contribution in [0.2, 0.25) is 0 Å². The molecule has 112 valence electrons. The number of halogens is 2. The molecule has 1 fully saturated rings. The molecular weight excluding hydrogens is 340 g/mol. The standard InChI is InChI=1S/C15H21BrN2O.ClH/c1-2-12(11-13-5-3-4-6-14(13)16)15(19)18-9-7-17-8-10-18;/h3-6,12,17H,2,7-11H2,1H3;1H. The molecule has 0 radical (unpaired) electrons. The fourth-order valence-electron chi connectivity index (χ4n) is 2.48. The maximum absolute atomic E-state index is 12.5. The number of nitrogens with zero attached hydrogens (tertiary/aromatic N) is 1. The van der Waals surface area contributed by atoms with E-state index in [1.165, 1.54) is 5.56 Å². The van der Waals surface area contributed by atoms with Crippen molar-refractivity contribution < 1.29 is 4.79 Å². The number of benzene rings is 1. The first-order chi connectivity index (χ1) is 9.22. The summed E-state index contributed by atoms with van der Waals surface area (Å²) in [7, 11) is 0. The van der Waals surface area contributed by atoms with Gasteiger partial charge in [-0.15, -0.1) is 12.4 Å². The van der Waals surface area contributed by atoms with Crippen LogP contribution >= 0.6 is 28.3 Å². The second-order valence-corrected chi connectivity index (χ2v) is 5.83. The topological polar surface area (TPSA) is 32.3 Å². The zero-order chi connectivity index (χ0) is 13.7. The molecule has 1 saturated heterocycles. The molecule has 1 atom stereocenters. The molecule has 0 spiro atoms. The molecule has 0 bridgehead atoms. The zero-order valence-corrected chi connectivity index (χ0v) is 14.2. The van der Waals surface area contributed by atoms with E-state index in [4.69, 9.17) is 0 Å². The first-order valence-corrected chi connectivity index (χ1v) is 7.74. The van der Waals surface area contributed by atoms with Crippen molar-refractivity contribution in [1.82, 2.24) is 10.2 Å². The van der Waals surface area contributed by atoms with E-state index < -0.39 is 0 Å². The Hall–Kier alpha value is -0.580. The lowest BCUT2D eigenvalue weighted by Gasteiger charge is -2.30. The van der Waals surface area contributed by atoms with Crippen LogP contribution in [0.3, 0.4) is 0 Å². The Morgan fingerprint density at radius 1 is 1.35 bits per heavy atom. The average Bonchev–Trinajstić information content (AvgIpc) is 2.47. The lowest BCUT2D eigenvalue weighted by Crippen LogP contribution is -2.48. The summed E-state index contributed by atoms with van der Waals surface area (Å²) >= 11 is 3.56. The molecule has 5 heteroatoms. The molecule has 0 aliphatic carbocycles. The van der Waals surface area contributed by atoms with E-state index in [1.54, 1.807) is 0 Å². The van der Waals surface area contributed by atoms with Gasteiger partial charge in [0.25, 0.3) is 0 Å². The van der Waals surface area contributed by atoms with E-state index in [2.05, 4.69) is 34.2 Å². The fourth-order valence-corrected chi connectivity index (χ4v) is 2.93. The second-order valence-electron chi connectivity index (χ2n) is 4.98. The normalized spacial score (nSPS) is 16.4. The van der Waals surface area contributed by atoms with Gasteiger partial charge in [0.05, 0.1) is 0 Å². The number of rotatable bonds is 4. The highest BCUT2D eigenvalue weighted by Gasteiger charge is 2.24. The highest BCUT2D eigenvalue weighted by molar-refractivity contribution is 9.10. The maximum Gasteiger partial charge on any atom is 0.226 e. The SMILES string of the molecule is CCC(Cc1ccccc1Br)C(=O)N1CCNCC1.Cl. The molecule has 1 aromatic rings. The van der Waals surface area contributed by atoms with Gasteiger partial charge in [0.1, 0.15) is 0 Å². The Morgan fingerprint density at radius 3 is 2.60 bits per heavy atom. The summed E-state index contributed by atoms with van der Waals surface area (Å²) in [6.07, 6.45) is 1.71. The smallest absolute Gasteiger partial charge is 0.226 e. The third-order valence-corrected chi connectivity index (χ3v) is 4.47. The first-order valence-electron chi connectivity index (χ1n) is 6.95. The minimum absolute atomic E-state index is 0. The van der Waals surface area contributed by atoms with Crippen LogP contribution in [0.25, 0.3) is 0 Å². The van der Waals surface area contributed by atoms with Crippen LogP contribution in [0.15, 0.2) is 28.7 Å². The molecule has 2 rings (SSSR count). The van der Waals surface area contributed by atoms with Crippen molar-refractivity contribution in [3.05, 3.63) is 34.3 Å². The summed E-state index contributed by atoms with van der Waals surface area (Å²) in [5.74, 6) is 0.400. The minimum Gasteiger partial charge on any atom is -0.340 e. The minimum atomic E-state index is 0. The lowest BCUT2D eigenvalue weighted by molar-refractivity contribution is -0.136. The van der Waals surface area contributed by atoms with Gasteiger partial charge in [-0.3, -0.25) is 4.79 Å². The van der Waals surface area contributed by atoms with Crippen molar-refractivity contribution in [3.63, 3.8) is 0 Å². The number of carbonyl (C=O) groups excluding carboxylic acids is 1. The van der Waals surface area contributed by atoms with Crippen molar-refractivity contribution in [3.8, 4) is 0 Å².